The zero-order valence-corrected chi connectivity index (χ0v) is 20.7. The van der Waals surface area contributed by atoms with E-state index < -0.39 is 10.2 Å². The van der Waals surface area contributed by atoms with Crippen molar-refractivity contribution in [2.75, 3.05) is 33.1 Å². The second-order valence-electron chi connectivity index (χ2n) is 8.20. The van der Waals surface area contributed by atoms with Gasteiger partial charge in [0, 0.05) is 43.1 Å². The molecule has 0 N–H and O–H groups in total. The van der Waals surface area contributed by atoms with E-state index in [1.54, 1.807) is 0 Å². The number of halogens is 1. The van der Waals surface area contributed by atoms with Crippen molar-refractivity contribution < 1.29 is 38.2 Å². The lowest BCUT2D eigenvalue weighted by atomic mass is 9.98. The second kappa shape index (κ2) is 11.3. The molecule has 8 heteroatoms. The minimum absolute atomic E-state index is 0.855. The molecule has 0 saturated heterocycles. The van der Waals surface area contributed by atoms with Gasteiger partial charge in [0.15, 0.2) is 5.71 Å². The highest BCUT2D eigenvalue weighted by Crippen LogP contribution is 2.34. The number of benzene rings is 2. The molecule has 7 nitrogen and oxygen atoms in total. The molecule has 0 saturated carbocycles. The van der Waals surface area contributed by atoms with E-state index in [9.17, 15) is 0 Å². The van der Waals surface area contributed by atoms with Gasteiger partial charge in [-0.3, -0.25) is 0 Å². The number of hydrogen-bond acceptors (Lipinski definition) is 6. The Morgan fingerprint density at radius 3 is 1.83 bits per heavy atom. The van der Waals surface area contributed by atoms with Crippen LogP contribution in [0.4, 0.5) is 5.69 Å². The lowest BCUT2D eigenvalue weighted by Gasteiger charge is -2.20. The molecule has 0 unspecified atom stereocenters. The van der Waals surface area contributed by atoms with Crippen LogP contribution in [0.2, 0.25) is 0 Å². The average molecular weight is 495 g/mol. The Bertz CT molecular complexity index is 1200. The summed E-state index contributed by atoms with van der Waals surface area (Å²) in [4.78, 5) is 2.11. The van der Waals surface area contributed by atoms with Gasteiger partial charge in [0.1, 0.15) is 25.6 Å². The van der Waals surface area contributed by atoms with Gasteiger partial charge in [0.05, 0.1) is 0 Å². The van der Waals surface area contributed by atoms with Crippen molar-refractivity contribution in [3.63, 3.8) is 0 Å². The van der Waals surface area contributed by atoms with Gasteiger partial charge in [-0.2, -0.15) is 0 Å². The van der Waals surface area contributed by atoms with Crippen LogP contribution in [0.1, 0.15) is 11.1 Å². The third kappa shape index (κ3) is 7.78. The summed E-state index contributed by atoms with van der Waals surface area (Å²) >= 11 is 0. The quantitative estimate of drug-likeness (QED) is 0.576. The summed E-state index contributed by atoms with van der Waals surface area (Å²) in [6.45, 7) is 0. The summed E-state index contributed by atoms with van der Waals surface area (Å²) in [5.74, 6) is 1.71. The maximum atomic E-state index is 8.49. The van der Waals surface area contributed by atoms with Crippen LogP contribution in [0.25, 0.3) is 11.3 Å². The van der Waals surface area contributed by atoms with Gasteiger partial charge in [-0.05, 0) is 47.6 Å². The predicted octanol–water partition coefficient (Wildman–Crippen LogP) is 0.545. The lowest BCUT2D eigenvalue weighted by Crippen LogP contribution is -2.68. The molecule has 0 radical (unpaired) electrons. The fourth-order valence-electron chi connectivity index (χ4n) is 3.43. The fraction of sp³-hybridized carbons (Fsp3) is 0.148. The van der Waals surface area contributed by atoms with Crippen molar-refractivity contribution in [3.8, 4) is 0 Å². The van der Waals surface area contributed by atoms with Crippen molar-refractivity contribution in [3.05, 3.63) is 114 Å². The molecule has 0 bridgehead atoms. The van der Waals surface area contributed by atoms with Gasteiger partial charge in [0.2, 0.25) is 0 Å². The minimum Gasteiger partial charge on any atom is -0.456 e. The highest BCUT2D eigenvalue weighted by Gasteiger charge is 2.17. The van der Waals surface area contributed by atoms with Crippen LogP contribution in [-0.2, 0) is 4.74 Å². The Kier molecular flexibility index (Phi) is 8.45. The molecule has 4 rings (SSSR count). The van der Waals surface area contributed by atoms with Gasteiger partial charge < -0.3 is 9.64 Å². The van der Waals surface area contributed by atoms with Crippen LogP contribution >= 0.6 is 0 Å². The standard InChI is InChI=1S/C27H27N2O.ClHO4/c1-28(2)24-14-10-20(11-15-24)23-18-26(21-8-6-5-7-9-21)30-27(19-23)22-12-16-25(17-13-22)29(3)4;2-1(3,4)5/h5-19H,1-4H3;(H,2,3,4,5)/q+1;/p-1. The first-order valence-electron chi connectivity index (χ1n) is 10.7. The largest absolute Gasteiger partial charge is 0.456 e. The molecule has 2 aromatic carbocycles. The van der Waals surface area contributed by atoms with Gasteiger partial charge in [-0.1, -0.05) is 42.5 Å². The third-order valence-electron chi connectivity index (χ3n) is 5.24. The number of allylic oxidation sites excluding steroid dienone is 8. The van der Waals surface area contributed by atoms with E-state index >= 15 is 0 Å². The second-order valence-corrected chi connectivity index (χ2v) is 8.96. The van der Waals surface area contributed by atoms with Crippen molar-refractivity contribution in [2.45, 2.75) is 0 Å². The maximum absolute atomic E-state index is 8.49. The van der Waals surface area contributed by atoms with Gasteiger partial charge in [-0.15, -0.1) is 10.2 Å². The summed E-state index contributed by atoms with van der Waals surface area (Å²) in [5.41, 5.74) is 6.77. The predicted molar refractivity (Wildman–Crippen MR) is 127 cm³/mol. The molecule has 0 amide bonds. The molecule has 2 aliphatic rings. The van der Waals surface area contributed by atoms with Crippen LogP contribution in [-0.4, -0.2) is 38.5 Å². The number of rotatable bonds is 3. The molecule has 1 aliphatic heterocycles. The monoisotopic (exact) mass is 494 g/mol. The maximum Gasteiger partial charge on any atom is 0.199 e. The first-order valence-corrected chi connectivity index (χ1v) is 12.0. The van der Waals surface area contributed by atoms with E-state index in [1.807, 2.05) is 32.3 Å². The Balaban J connectivity index is 0.000000623. The van der Waals surface area contributed by atoms with Crippen molar-refractivity contribution in [1.29, 1.82) is 0 Å². The molecule has 0 spiro atoms. The van der Waals surface area contributed by atoms with Crippen LogP contribution in [0.15, 0.2) is 102 Å². The summed E-state index contributed by atoms with van der Waals surface area (Å²) in [6, 6.07) is 18.9. The van der Waals surface area contributed by atoms with Crippen molar-refractivity contribution >= 4 is 22.7 Å². The molecule has 0 fully saturated rings. The smallest absolute Gasteiger partial charge is 0.199 e. The summed E-state index contributed by atoms with van der Waals surface area (Å²) in [5, 5.41) is 0. The van der Waals surface area contributed by atoms with Gasteiger partial charge in [0.25, 0.3) is 0 Å². The van der Waals surface area contributed by atoms with E-state index in [1.165, 1.54) is 11.3 Å². The van der Waals surface area contributed by atoms with E-state index in [0.29, 0.717) is 0 Å². The molecule has 0 atom stereocenters. The molecule has 35 heavy (non-hydrogen) atoms. The Hall–Kier alpha value is -3.46. The number of anilines is 1. The lowest BCUT2D eigenvalue weighted by molar-refractivity contribution is -2.00. The van der Waals surface area contributed by atoms with Gasteiger partial charge in [-0.25, -0.2) is 23.2 Å². The first kappa shape index (κ1) is 26.2. The number of ether oxygens (including phenoxy) is 1. The molecular weight excluding hydrogens is 468 g/mol. The van der Waals surface area contributed by atoms with E-state index in [-0.39, 0.29) is 0 Å². The summed E-state index contributed by atoms with van der Waals surface area (Å²) in [7, 11) is 3.26. The molecular formula is C27H27ClN2O5. The average Bonchev–Trinajstić information content (AvgIpc) is 2.83. The van der Waals surface area contributed by atoms with E-state index in [4.69, 9.17) is 23.4 Å². The van der Waals surface area contributed by atoms with Crippen molar-refractivity contribution in [2.24, 2.45) is 0 Å². The summed E-state index contributed by atoms with van der Waals surface area (Å²) in [6.07, 6.45) is 12.7. The molecule has 2 aromatic rings. The number of nitrogens with zero attached hydrogens (tertiary/aromatic N) is 2. The van der Waals surface area contributed by atoms with Crippen LogP contribution in [0.3, 0.4) is 0 Å². The van der Waals surface area contributed by atoms with Crippen LogP contribution in [0.5, 0.6) is 0 Å². The topological polar surface area (TPSA) is 108 Å². The summed E-state index contributed by atoms with van der Waals surface area (Å²) < 4.78 is 42.4. The molecule has 1 aliphatic carbocycles. The Morgan fingerprint density at radius 1 is 0.743 bits per heavy atom. The molecule has 182 valence electrons. The molecule has 1 heterocycles. The van der Waals surface area contributed by atoms with Crippen LogP contribution < -0.4 is 23.5 Å². The van der Waals surface area contributed by atoms with Crippen LogP contribution in [0, 0.1) is 10.2 Å². The first-order chi connectivity index (χ1) is 16.5. The molecule has 0 aromatic heterocycles. The SMILES string of the molecule is CN(C)c1ccc(C2=CC(=C3C=CC(=[N+](C)C)C=C3)OC(c3ccccc3)=C2)cc1.[O-][Cl+3]([O-])([O-])[O-]. The highest BCUT2D eigenvalue weighted by molar-refractivity contribution is 6.02. The fourth-order valence-corrected chi connectivity index (χ4v) is 3.43. The normalized spacial score (nSPS) is 15.0. The third-order valence-corrected chi connectivity index (χ3v) is 5.24. The Labute approximate surface area is 207 Å². The van der Waals surface area contributed by atoms with Gasteiger partial charge >= 0.3 is 0 Å². The van der Waals surface area contributed by atoms with E-state index in [2.05, 4.69) is 96.4 Å². The zero-order chi connectivity index (χ0) is 25.6. The number of hydrogen-bond donors (Lipinski definition) is 0. The Morgan fingerprint density at radius 2 is 1.31 bits per heavy atom. The van der Waals surface area contributed by atoms with Crippen molar-refractivity contribution in [1.82, 2.24) is 0 Å². The zero-order valence-electron chi connectivity index (χ0n) is 20.0. The van der Waals surface area contributed by atoms with E-state index in [0.717, 1.165) is 33.9 Å². The highest BCUT2D eigenvalue weighted by atomic mass is 35.7. The minimum atomic E-state index is -4.94.